The maximum Gasteiger partial charge on any atom is 0.247 e. The van der Waals surface area contributed by atoms with Gasteiger partial charge < -0.3 is 46.1 Å². The van der Waals surface area contributed by atoms with Crippen molar-refractivity contribution in [2.24, 2.45) is 0 Å². The van der Waals surface area contributed by atoms with E-state index >= 15 is 0 Å². The van der Waals surface area contributed by atoms with Crippen molar-refractivity contribution >= 4 is 40.5 Å². The molecule has 0 aliphatic carbocycles. The van der Waals surface area contributed by atoms with Crippen molar-refractivity contribution in [3.63, 3.8) is 0 Å². The van der Waals surface area contributed by atoms with E-state index in [2.05, 4.69) is 37.9 Å². The third-order valence-electron chi connectivity index (χ3n) is 11.4. The molecule has 3 heterocycles. The summed E-state index contributed by atoms with van der Waals surface area (Å²) in [6, 6.07) is 32.8. The zero-order chi connectivity index (χ0) is 39.6. The molecule has 1 spiro atoms. The quantitative estimate of drug-likeness (QED) is 0.0659. The molecule has 0 aromatic heterocycles. The van der Waals surface area contributed by atoms with Gasteiger partial charge in [0.05, 0.1) is 36.9 Å². The number of piperidine rings is 1. The molecule has 3 amide bonds. The maximum absolute atomic E-state index is 13.3. The van der Waals surface area contributed by atoms with Crippen LogP contribution < -0.4 is 26.6 Å². The Morgan fingerprint density at radius 1 is 0.807 bits per heavy atom. The van der Waals surface area contributed by atoms with Gasteiger partial charge in [0.25, 0.3) is 0 Å². The van der Waals surface area contributed by atoms with E-state index in [1.54, 1.807) is 12.1 Å². The number of carbonyl (C=O) groups excluding carboxylic acids is 3. The largest absolute Gasteiger partial charge is 0.397 e. The number of nitrogens with two attached hydrogens (primary N) is 1. The van der Waals surface area contributed by atoms with Crippen LogP contribution >= 0.6 is 0 Å². The number of hydrogen-bond acceptors (Lipinski definition) is 9. The van der Waals surface area contributed by atoms with E-state index in [-0.39, 0.29) is 36.5 Å². The van der Waals surface area contributed by atoms with Gasteiger partial charge in [0.1, 0.15) is 5.54 Å². The molecule has 12 heteroatoms. The first-order chi connectivity index (χ1) is 27.8. The summed E-state index contributed by atoms with van der Waals surface area (Å²) in [4.78, 5) is 43.1. The molecule has 3 unspecified atom stereocenters. The molecule has 57 heavy (non-hydrogen) atoms. The highest BCUT2D eigenvalue weighted by Gasteiger charge is 2.50. The topological polar surface area (TPSA) is 158 Å². The van der Waals surface area contributed by atoms with Gasteiger partial charge in [0.2, 0.25) is 17.7 Å². The van der Waals surface area contributed by atoms with Crippen LogP contribution in [0.4, 0.5) is 22.7 Å². The van der Waals surface area contributed by atoms with Crippen molar-refractivity contribution in [3.8, 4) is 0 Å². The maximum atomic E-state index is 13.3. The van der Waals surface area contributed by atoms with Gasteiger partial charge in [-0.15, -0.1) is 0 Å². The van der Waals surface area contributed by atoms with Crippen molar-refractivity contribution in [1.29, 1.82) is 0 Å². The Morgan fingerprint density at radius 2 is 1.51 bits per heavy atom. The minimum Gasteiger partial charge on any atom is -0.397 e. The lowest BCUT2D eigenvalue weighted by Crippen LogP contribution is -2.57. The molecule has 3 aliphatic rings. The number of aliphatic hydroxyl groups excluding tert-OH is 1. The predicted molar refractivity (Wildman–Crippen MR) is 221 cm³/mol. The fourth-order valence-corrected chi connectivity index (χ4v) is 8.19. The number of benzene rings is 4. The number of ether oxygens (including phenoxy) is 2. The number of nitrogen functional groups attached to an aromatic ring is 1. The number of unbranched alkanes of at least 4 members (excludes halogenated alkanes) is 3. The van der Waals surface area contributed by atoms with Crippen LogP contribution in [0.15, 0.2) is 103 Å². The van der Waals surface area contributed by atoms with Crippen LogP contribution in [-0.2, 0) is 30.5 Å². The summed E-state index contributed by atoms with van der Waals surface area (Å²) in [5.74, 6) is -0.0401. The third-order valence-corrected chi connectivity index (χ3v) is 11.4. The van der Waals surface area contributed by atoms with Gasteiger partial charge in [-0.3, -0.25) is 14.4 Å². The van der Waals surface area contributed by atoms with Crippen molar-refractivity contribution < 1.29 is 29.0 Å². The molecule has 4 aromatic carbocycles. The summed E-state index contributed by atoms with van der Waals surface area (Å²) in [6.07, 6.45) is 4.96. The van der Waals surface area contributed by atoms with Gasteiger partial charge in [-0.2, -0.15) is 0 Å². The van der Waals surface area contributed by atoms with E-state index in [1.807, 2.05) is 78.9 Å². The van der Waals surface area contributed by atoms with E-state index in [9.17, 15) is 19.5 Å². The highest BCUT2D eigenvalue weighted by Crippen LogP contribution is 2.40. The number of para-hydroxylation sites is 3. The fourth-order valence-electron chi connectivity index (χ4n) is 8.19. The molecule has 7 rings (SSSR count). The lowest BCUT2D eigenvalue weighted by molar-refractivity contribution is -0.253. The van der Waals surface area contributed by atoms with Gasteiger partial charge in [0, 0.05) is 55.8 Å². The second kappa shape index (κ2) is 18.8. The summed E-state index contributed by atoms with van der Waals surface area (Å²) in [5.41, 5.74) is 10.9. The smallest absolute Gasteiger partial charge is 0.247 e. The zero-order valence-electron chi connectivity index (χ0n) is 32.4. The Balaban J connectivity index is 0.931. The molecule has 3 fully saturated rings. The fraction of sp³-hybridized carbons (Fsp3) is 0.400. The molecule has 0 radical (unpaired) electrons. The highest BCUT2D eigenvalue weighted by molar-refractivity contribution is 5.94. The Labute approximate surface area is 334 Å². The van der Waals surface area contributed by atoms with E-state index in [0.29, 0.717) is 49.5 Å². The third kappa shape index (κ3) is 10.0. The molecular formula is C45H54N6O6. The molecule has 12 nitrogen and oxygen atoms in total. The van der Waals surface area contributed by atoms with Gasteiger partial charge in [-0.05, 0) is 73.2 Å². The minimum absolute atomic E-state index is 0.0287. The number of rotatable bonds is 15. The van der Waals surface area contributed by atoms with Gasteiger partial charge in [0.15, 0.2) is 6.29 Å². The predicted octanol–water partition coefficient (Wildman–Crippen LogP) is 6.65. The standard InChI is InChI=1S/C45H54N6O6/c46-38-15-8-9-16-39(38)49-42(54)18-7-2-1-6-17-41(53)48-35-12-10-11-34(27-35)43-56-37(28-40(57-43)33-21-19-32(30-52)20-22-33)29-50-25-23-45(24-26-50)44(55)47-31-51(45)36-13-4-3-5-14-36/h3-5,8-16,19-22,27,37,40,43,52H,1-2,6-7,17-18,23-26,28-31,46H2,(H,47,55)(H,48,53)(H,49,54). The second-order valence-corrected chi connectivity index (χ2v) is 15.3. The summed E-state index contributed by atoms with van der Waals surface area (Å²) in [5, 5.41) is 18.6. The van der Waals surface area contributed by atoms with Gasteiger partial charge >= 0.3 is 0 Å². The number of nitrogens with zero attached hydrogens (tertiary/aromatic N) is 2. The van der Waals surface area contributed by atoms with Crippen LogP contribution in [0, 0.1) is 0 Å². The van der Waals surface area contributed by atoms with Gasteiger partial charge in [-0.25, -0.2) is 0 Å². The van der Waals surface area contributed by atoms with Crippen molar-refractivity contribution in [3.05, 3.63) is 120 Å². The Hall–Kier alpha value is -5.27. The Bertz CT molecular complexity index is 1970. The molecule has 3 saturated heterocycles. The number of aliphatic hydroxyl groups is 1. The molecular weight excluding hydrogens is 721 g/mol. The Kier molecular flexibility index (Phi) is 13.2. The highest BCUT2D eigenvalue weighted by atomic mass is 16.7. The normalized spacial score (nSPS) is 20.6. The van der Waals surface area contributed by atoms with E-state index < -0.39 is 11.8 Å². The summed E-state index contributed by atoms with van der Waals surface area (Å²) in [6.45, 7) is 2.70. The summed E-state index contributed by atoms with van der Waals surface area (Å²) in [7, 11) is 0. The average Bonchev–Trinajstić information content (AvgIpc) is 3.55. The summed E-state index contributed by atoms with van der Waals surface area (Å²) >= 11 is 0. The molecule has 3 aliphatic heterocycles. The second-order valence-electron chi connectivity index (χ2n) is 15.3. The number of amides is 3. The number of hydrogen-bond donors (Lipinski definition) is 5. The van der Waals surface area contributed by atoms with Crippen LogP contribution in [0.1, 0.15) is 86.9 Å². The zero-order valence-corrected chi connectivity index (χ0v) is 32.4. The van der Waals surface area contributed by atoms with Crippen LogP contribution in [-0.4, -0.2) is 65.7 Å². The molecule has 4 aromatic rings. The van der Waals surface area contributed by atoms with Crippen LogP contribution in [0.3, 0.4) is 0 Å². The molecule has 300 valence electrons. The Morgan fingerprint density at radius 3 is 2.23 bits per heavy atom. The first kappa shape index (κ1) is 39.9. The van der Waals surface area contributed by atoms with E-state index in [1.165, 1.54) is 0 Å². The van der Waals surface area contributed by atoms with Crippen LogP contribution in [0.5, 0.6) is 0 Å². The van der Waals surface area contributed by atoms with E-state index in [0.717, 1.165) is 74.0 Å². The average molecular weight is 775 g/mol. The first-order valence-corrected chi connectivity index (χ1v) is 20.2. The molecule has 0 saturated carbocycles. The number of likely N-dealkylation sites (tertiary alicyclic amines) is 1. The van der Waals surface area contributed by atoms with Crippen molar-refractivity contribution in [1.82, 2.24) is 10.2 Å². The SMILES string of the molecule is Nc1ccccc1NC(=O)CCCCCCC(=O)Nc1cccc(C2OC(CN3CCC4(CC3)C(=O)NCN4c3ccccc3)CC(c3ccc(CO)cc3)O2)c1. The van der Waals surface area contributed by atoms with Crippen molar-refractivity contribution in [2.75, 3.05) is 47.6 Å². The molecule has 6 N–H and O–H groups in total. The summed E-state index contributed by atoms with van der Waals surface area (Å²) < 4.78 is 13.3. The monoisotopic (exact) mass is 774 g/mol. The minimum atomic E-state index is -0.663. The van der Waals surface area contributed by atoms with Crippen LogP contribution in [0.25, 0.3) is 0 Å². The molecule has 3 atom stereocenters. The lowest BCUT2D eigenvalue weighted by atomic mass is 9.85. The van der Waals surface area contributed by atoms with Crippen molar-refractivity contribution in [2.45, 2.75) is 88.4 Å². The molecule has 0 bridgehead atoms. The number of anilines is 4. The van der Waals surface area contributed by atoms with Gasteiger partial charge in [-0.1, -0.05) is 79.6 Å². The lowest BCUT2D eigenvalue weighted by Gasteiger charge is -2.45. The first-order valence-electron chi connectivity index (χ1n) is 20.2. The van der Waals surface area contributed by atoms with Crippen LogP contribution in [0.2, 0.25) is 0 Å². The number of nitrogens with one attached hydrogen (secondary N) is 3. The number of carbonyl (C=O) groups is 3. The van der Waals surface area contributed by atoms with E-state index in [4.69, 9.17) is 15.2 Å².